The zero-order valence-electron chi connectivity index (χ0n) is 13.9. The number of likely N-dealkylation sites (tertiary alicyclic amines) is 1. The average Bonchev–Trinajstić information content (AvgIpc) is 2.87. The molecule has 1 saturated carbocycles. The summed E-state index contributed by atoms with van der Waals surface area (Å²) >= 11 is 12.4. The Morgan fingerprint density at radius 2 is 1.75 bits per heavy atom. The van der Waals surface area contributed by atoms with E-state index in [4.69, 9.17) is 27.9 Å². The molecule has 1 aromatic carbocycles. The molecule has 0 radical (unpaired) electrons. The first-order valence-corrected chi connectivity index (χ1v) is 9.39. The summed E-state index contributed by atoms with van der Waals surface area (Å²) in [6.07, 6.45) is 2.39. The lowest BCUT2D eigenvalue weighted by molar-refractivity contribution is 0.0438. The summed E-state index contributed by atoms with van der Waals surface area (Å²) in [6.45, 7) is 4.78. The maximum atomic E-state index is 9.66. The first-order valence-electron chi connectivity index (χ1n) is 8.63. The van der Waals surface area contributed by atoms with Crippen LogP contribution in [0, 0.1) is 12.8 Å². The Balaban J connectivity index is 1.48. The van der Waals surface area contributed by atoms with Crippen molar-refractivity contribution in [2.24, 2.45) is 5.92 Å². The van der Waals surface area contributed by atoms with Crippen LogP contribution < -0.4 is 4.74 Å². The number of hydrogen-bond acceptors (Lipinski definition) is 4. The quantitative estimate of drug-likeness (QED) is 0.850. The fourth-order valence-corrected chi connectivity index (χ4v) is 4.14. The largest absolute Gasteiger partial charge is 0.489 e. The van der Waals surface area contributed by atoms with Crippen molar-refractivity contribution in [3.8, 4) is 5.75 Å². The van der Waals surface area contributed by atoms with E-state index in [0.29, 0.717) is 34.6 Å². The maximum absolute atomic E-state index is 9.66. The minimum absolute atomic E-state index is 0.166. The van der Waals surface area contributed by atoms with Gasteiger partial charge in [-0.1, -0.05) is 23.2 Å². The molecule has 2 atom stereocenters. The van der Waals surface area contributed by atoms with Crippen LogP contribution in [0.15, 0.2) is 12.1 Å². The second-order valence-electron chi connectivity index (χ2n) is 7.07. The fraction of sp³-hybridized carbons (Fsp3) is 0.667. The van der Waals surface area contributed by atoms with E-state index in [1.165, 1.54) is 0 Å². The molecule has 134 valence electrons. The van der Waals surface area contributed by atoms with Gasteiger partial charge in [0.25, 0.3) is 0 Å². The van der Waals surface area contributed by atoms with E-state index >= 15 is 0 Å². The number of benzene rings is 1. The smallest absolute Gasteiger partial charge is 0.138 e. The number of ether oxygens (including phenoxy) is 1. The lowest BCUT2D eigenvalue weighted by Crippen LogP contribution is -2.40. The summed E-state index contributed by atoms with van der Waals surface area (Å²) in [5, 5.41) is 20.6. The van der Waals surface area contributed by atoms with E-state index in [2.05, 4.69) is 4.90 Å². The molecule has 1 aromatic rings. The van der Waals surface area contributed by atoms with Crippen LogP contribution in [0.2, 0.25) is 10.0 Å². The monoisotopic (exact) mass is 373 g/mol. The predicted octanol–water partition coefficient (Wildman–Crippen LogP) is 3.28. The van der Waals surface area contributed by atoms with E-state index in [9.17, 15) is 10.2 Å². The highest BCUT2D eigenvalue weighted by Crippen LogP contribution is 2.34. The molecule has 2 fully saturated rings. The molecule has 2 aliphatic rings. The Kier molecular flexibility index (Phi) is 5.94. The fourth-order valence-electron chi connectivity index (χ4n) is 3.72. The van der Waals surface area contributed by atoms with Crippen molar-refractivity contribution >= 4 is 23.2 Å². The minimum atomic E-state index is -0.550. The molecule has 0 amide bonds. The SMILES string of the molecule is Cc1c(Cl)ccc(OC2CCN(CC3C[C@@H](O)[C@H](O)C3)CC2)c1Cl. The van der Waals surface area contributed by atoms with E-state index in [1.807, 2.05) is 19.1 Å². The highest BCUT2D eigenvalue weighted by molar-refractivity contribution is 6.36. The zero-order chi connectivity index (χ0) is 17.3. The van der Waals surface area contributed by atoms with Gasteiger partial charge >= 0.3 is 0 Å². The molecule has 0 bridgehead atoms. The van der Waals surface area contributed by atoms with Crippen LogP contribution in [0.4, 0.5) is 0 Å². The molecule has 3 rings (SSSR count). The molecule has 1 aliphatic heterocycles. The summed E-state index contributed by atoms with van der Waals surface area (Å²) in [7, 11) is 0. The molecule has 1 aliphatic carbocycles. The Hall–Kier alpha value is -0.520. The third-order valence-electron chi connectivity index (χ3n) is 5.22. The molecule has 4 nitrogen and oxygen atoms in total. The van der Waals surface area contributed by atoms with Crippen LogP contribution in [-0.4, -0.2) is 53.1 Å². The number of rotatable bonds is 4. The number of halogens is 2. The highest BCUT2D eigenvalue weighted by atomic mass is 35.5. The Labute approximate surface area is 153 Å². The van der Waals surface area contributed by atoms with Crippen LogP contribution in [0.1, 0.15) is 31.2 Å². The second-order valence-corrected chi connectivity index (χ2v) is 7.86. The van der Waals surface area contributed by atoms with Gasteiger partial charge in [0, 0.05) is 24.7 Å². The summed E-state index contributed by atoms with van der Waals surface area (Å²) < 4.78 is 6.08. The van der Waals surface area contributed by atoms with E-state index in [1.54, 1.807) is 0 Å². The van der Waals surface area contributed by atoms with Gasteiger partial charge in [0.2, 0.25) is 0 Å². The molecule has 1 saturated heterocycles. The summed E-state index contributed by atoms with van der Waals surface area (Å²) in [5.41, 5.74) is 0.853. The zero-order valence-corrected chi connectivity index (χ0v) is 15.4. The number of aliphatic hydroxyl groups excluding tert-OH is 2. The van der Waals surface area contributed by atoms with Gasteiger partial charge in [-0.3, -0.25) is 0 Å². The number of nitrogens with zero attached hydrogens (tertiary/aromatic N) is 1. The Morgan fingerprint density at radius 3 is 2.38 bits per heavy atom. The van der Waals surface area contributed by atoms with Gasteiger partial charge in [-0.05, 0) is 56.2 Å². The third kappa shape index (κ3) is 4.17. The van der Waals surface area contributed by atoms with Crippen molar-refractivity contribution in [3.63, 3.8) is 0 Å². The van der Waals surface area contributed by atoms with Crippen LogP contribution in [0.3, 0.4) is 0 Å². The summed E-state index contributed by atoms with van der Waals surface area (Å²) in [6, 6.07) is 3.66. The van der Waals surface area contributed by atoms with Gasteiger partial charge in [0.15, 0.2) is 0 Å². The standard InChI is InChI=1S/C18H25Cl2NO3/c1-11-14(19)2-3-17(18(11)20)24-13-4-6-21(7-5-13)10-12-8-15(22)16(23)9-12/h2-3,12-13,15-16,22-23H,4-10H2,1H3/t15-,16-/m1/s1. The van der Waals surface area contributed by atoms with Crippen LogP contribution in [0.25, 0.3) is 0 Å². The summed E-state index contributed by atoms with van der Waals surface area (Å²) in [4.78, 5) is 2.41. The molecule has 2 N–H and O–H groups in total. The van der Waals surface area contributed by atoms with Gasteiger partial charge in [0.1, 0.15) is 11.9 Å². The maximum Gasteiger partial charge on any atom is 0.138 e. The Bertz CT molecular complexity index is 566. The average molecular weight is 374 g/mol. The number of aliphatic hydroxyl groups is 2. The molecule has 24 heavy (non-hydrogen) atoms. The Morgan fingerprint density at radius 1 is 1.12 bits per heavy atom. The first-order chi connectivity index (χ1) is 11.4. The first kappa shape index (κ1) is 18.3. The molecule has 6 heteroatoms. The molecule has 1 heterocycles. The van der Waals surface area contributed by atoms with Crippen molar-refractivity contribution in [1.82, 2.24) is 4.90 Å². The topological polar surface area (TPSA) is 52.9 Å². The van der Waals surface area contributed by atoms with Crippen LogP contribution in [-0.2, 0) is 0 Å². The van der Waals surface area contributed by atoms with Crippen LogP contribution >= 0.6 is 23.2 Å². The molecular weight excluding hydrogens is 349 g/mol. The lowest BCUT2D eigenvalue weighted by Gasteiger charge is -2.33. The van der Waals surface area contributed by atoms with Gasteiger partial charge < -0.3 is 19.8 Å². The van der Waals surface area contributed by atoms with Gasteiger partial charge in [-0.25, -0.2) is 0 Å². The van der Waals surface area contributed by atoms with E-state index in [0.717, 1.165) is 38.0 Å². The molecular formula is C18H25Cl2NO3. The van der Waals surface area contributed by atoms with E-state index in [-0.39, 0.29) is 6.10 Å². The van der Waals surface area contributed by atoms with Crippen molar-refractivity contribution in [1.29, 1.82) is 0 Å². The number of hydrogen-bond donors (Lipinski definition) is 2. The van der Waals surface area contributed by atoms with Gasteiger partial charge in [-0.2, -0.15) is 0 Å². The normalized spacial score (nSPS) is 26.9. The molecule has 0 spiro atoms. The summed E-state index contributed by atoms with van der Waals surface area (Å²) in [5.74, 6) is 1.10. The minimum Gasteiger partial charge on any atom is -0.489 e. The van der Waals surface area contributed by atoms with Gasteiger partial charge in [-0.15, -0.1) is 0 Å². The second kappa shape index (κ2) is 7.79. The molecule has 0 aromatic heterocycles. The van der Waals surface area contributed by atoms with E-state index < -0.39 is 12.2 Å². The van der Waals surface area contributed by atoms with Crippen molar-refractivity contribution < 1.29 is 14.9 Å². The van der Waals surface area contributed by atoms with Crippen molar-refractivity contribution in [2.75, 3.05) is 19.6 Å². The van der Waals surface area contributed by atoms with Gasteiger partial charge in [0.05, 0.1) is 17.2 Å². The highest BCUT2D eigenvalue weighted by Gasteiger charge is 2.33. The molecule has 0 unspecified atom stereocenters. The predicted molar refractivity (Wildman–Crippen MR) is 96.0 cm³/mol. The van der Waals surface area contributed by atoms with Crippen LogP contribution in [0.5, 0.6) is 5.75 Å². The van der Waals surface area contributed by atoms with Crippen molar-refractivity contribution in [2.45, 2.75) is 50.9 Å². The lowest BCUT2D eigenvalue weighted by atomic mass is 10.0. The number of piperidine rings is 1. The third-order valence-corrected chi connectivity index (χ3v) is 6.10. The van der Waals surface area contributed by atoms with Crippen molar-refractivity contribution in [3.05, 3.63) is 27.7 Å².